The van der Waals surface area contributed by atoms with Crippen molar-refractivity contribution < 1.29 is 27.8 Å². The van der Waals surface area contributed by atoms with Gasteiger partial charge < -0.3 is 24.8 Å². The van der Waals surface area contributed by atoms with E-state index in [2.05, 4.69) is 63.2 Å². The summed E-state index contributed by atoms with van der Waals surface area (Å²) in [6.45, 7) is 9.85. The molecule has 3 aliphatic heterocycles. The Kier molecular flexibility index (Phi) is 14.3. The summed E-state index contributed by atoms with van der Waals surface area (Å²) >= 11 is 0. The first-order valence-electron chi connectivity index (χ1n) is 22.2. The van der Waals surface area contributed by atoms with Crippen LogP contribution in [0, 0.1) is 12.8 Å². The highest BCUT2D eigenvalue weighted by molar-refractivity contribution is 7.89. The SMILES string of the molecule is Cc1ccc(S(=O)(=O)N[C@H](Cc2ccccc2)C(=O)NCc2cccc(-c3ccc([C@H]4O[C@@H](CN5CCC[C@H]5CN5CCCC5)[C@@H](C)[C@@H](c5ccc(CO)cc5)O4)cc3)c2)cc1. The van der Waals surface area contributed by atoms with Crippen LogP contribution in [-0.4, -0.2) is 80.1 Å². The molecule has 1 amide bonds. The largest absolute Gasteiger partial charge is 0.392 e. The molecule has 62 heavy (non-hydrogen) atoms. The lowest BCUT2D eigenvalue weighted by Gasteiger charge is -2.43. The minimum atomic E-state index is -3.96. The average molecular weight is 857 g/mol. The molecular formula is C51H60N4O6S. The van der Waals surface area contributed by atoms with E-state index in [0.29, 0.717) is 6.04 Å². The van der Waals surface area contributed by atoms with E-state index in [9.17, 15) is 18.3 Å². The predicted octanol–water partition coefficient (Wildman–Crippen LogP) is 7.71. The minimum Gasteiger partial charge on any atom is -0.392 e. The van der Waals surface area contributed by atoms with Crippen LogP contribution in [0.3, 0.4) is 0 Å². The van der Waals surface area contributed by atoms with Crippen LogP contribution in [-0.2, 0) is 43.9 Å². The molecule has 3 aliphatic rings. The maximum absolute atomic E-state index is 13.7. The Hall–Kier alpha value is -4.72. The van der Waals surface area contributed by atoms with Gasteiger partial charge in [-0.25, -0.2) is 8.42 Å². The lowest BCUT2D eigenvalue weighted by Crippen LogP contribution is -2.48. The fraction of sp³-hybridized carbons (Fsp3) is 0.392. The van der Waals surface area contributed by atoms with Gasteiger partial charge in [0.1, 0.15) is 6.04 Å². The number of sulfonamides is 1. The highest BCUT2D eigenvalue weighted by Gasteiger charge is 2.41. The molecule has 0 aliphatic carbocycles. The maximum Gasteiger partial charge on any atom is 0.241 e. The Balaban J connectivity index is 0.957. The summed E-state index contributed by atoms with van der Waals surface area (Å²) in [4.78, 5) is 19.1. The summed E-state index contributed by atoms with van der Waals surface area (Å²) in [5.41, 5.74) is 7.57. The maximum atomic E-state index is 13.7. The summed E-state index contributed by atoms with van der Waals surface area (Å²) in [6, 6.07) is 39.9. The number of carbonyl (C=O) groups is 1. The van der Waals surface area contributed by atoms with E-state index in [1.54, 1.807) is 24.3 Å². The fourth-order valence-corrected chi connectivity index (χ4v) is 10.4. The van der Waals surface area contributed by atoms with Gasteiger partial charge in [0.25, 0.3) is 0 Å². The lowest BCUT2D eigenvalue weighted by atomic mass is 9.89. The quantitative estimate of drug-likeness (QED) is 0.0924. The van der Waals surface area contributed by atoms with E-state index in [-0.39, 0.29) is 42.6 Å². The molecule has 3 heterocycles. The number of aliphatic hydroxyl groups excluding tert-OH is 1. The highest BCUT2D eigenvalue weighted by atomic mass is 32.2. The zero-order valence-corrected chi connectivity index (χ0v) is 36.7. The number of hydrogen-bond acceptors (Lipinski definition) is 8. The summed E-state index contributed by atoms with van der Waals surface area (Å²) < 4.78 is 43.2. The minimum absolute atomic E-state index is 0.00108. The van der Waals surface area contributed by atoms with Gasteiger partial charge in [-0.05, 0) is 110 Å². The number of hydrogen-bond donors (Lipinski definition) is 3. The molecule has 0 unspecified atom stereocenters. The van der Waals surface area contributed by atoms with E-state index in [1.807, 2.05) is 73.7 Å². The van der Waals surface area contributed by atoms with Crippen LogP contribution in [0.1, 0.15) is 78.4 Å². The standard InChI is InChI=1S/C51H60N4O6S/c1-36-15-25-46(26-16-36)62(58,59)53-47(31-38-10-4-3-5-11-38)50(57)52-32-40-12-8-13-44(30-40)41-21-23-43(24-22-41)51-60-48(34-55-29-9-14-45(55)33-54-27-6-7-28-54)37(2)49(61-51)42-19-17-39(35-56)18-20-42/h3-5,8,10-13,15-26,30,37,45,47-49,51,53,56H,6-7,9,14,27-29,31-35H2,1-2H3,(H,52,57)/t37-,45+,47-,48+,49+,51+/m1/s1. The van der Waals surface area contributed by atoms with Gasteiger partial charge in [-0.3, -0.25) is 9.69 Å². The zero-order chi connectivity index (χ0) is 43.1. The second kappa shape index (κ2) is 20.2. The molecular weight excluding hydrogens is 797 g/mol. The topological polar surface area (TPSA) is 120 Å². The van der Waals surface area contributed by atoms with Crippen molar-refractivity contribution in [2.75, 3.05) is 32.7 Å². The first kappa shape index (κ1) is 43.9. The van der Waals surface area contributed by atoms with Crippen molar-refractivity contribution in [1.29, 1.82) is 0 Å². The third-order valence-electron chi connectivity index (χ3n) is 12.8. The van der Waals surface area contributed by atoms with Gasteiger partial charge in [0, 0.05) is 37.2 Å². The van der Waals surface area contributed by atoms with Crippen molar-refractivity contribution in [3.8, 4) is 11.1 Å². The summed E-state index contributed by atoms with van der Waals surface area (Å²) in [6.07, 6.45) is 4.47. The Labute approximate surface area is 367 Å². The molecule has 3 fully saturated rings. The van der Waals surface area contributed by atoms with Crippen molar-refractivity contribution in [3.63, 3.8) is 0 Å². The predicted molar refractivity (Wildman–Crippen MR) is 242 cm³/mol. The number of rotatable bonds is 16. The van der Waals surface area contributed by atoms with Gasteiger partial charge in [-0.1, -0.05) is 122 Å². The van der Waals surface area contributed by atoms with E-state index in [1.165, 1.54) is 38.8 Å². The van der Waals surface area contributed by atoms with Crippen molar-refractivity contribution in [2.45, 2.75) is 94.6 Å². The Morgan fingerprint density at radius 1 is 0.758 bits per heavy atom. The first-order chi connectivity index (χ1) is 30.1. The number of nitrogens with zero attached hydrogens (tertiary/aromatic N) is 2. The molecule has 3 N–H and O–H groups in total. The molecule has 0 bridgehead atoms. The van der Waals surface area contributed by atoms with Crippen molar-refractivity contribution in [3.05, 3.63) is 161 Å². The van der Waals surface area contributed by atoms with Gasteiger partial charge in [-0.15, -0.1) is 0 Å². The second-order valence-electron chi connectivity index (χ2n) is 17.3. The monoisotopic (exact) mass is 856 g/mol. The van der Waals surface area contributed by atoms with E-state index in [4.69, 9.17) is 9.47 Å². The van der Waals surface area contributed by atoms with Gasteiger partial charge in [-0.2, -0.15) is 4.72 Å². The summed E-state index contributed by atoms with van der Waals surface area (Å²) in [5, 5.41) is 12.7. The number of aliphatic hydroxyl groups is 1. The summed E-state index contributed by atoms with van der Waals surface area (Å²) in [7, 11) is -3.96. The molecule has 0 spiro atoms. The highest BCUT2D eigenvalue weighted by Crippen LogP contribution is 2.42. The van der Waals surface area contributed by atoms with Crippen LogP contribution in [0.2, 0.25) is 0 Å². The number of amides is 1. The molecule has 11 heteroatoms. The lowest BCUT2D eigenvalue weighted by molar-refractivity contribution is -0.276. The van der Waals surface area contributed by atoms with Crippen LogP contribution in [0.5, 0.6) is 0 Å². The van der Waals surface area contributed by atoms with Gasteiger partial charge in [0.05, 0.1) is 23.7 Å². The average Bonchev–Trinajstić information content (AvgIpc) is 3.99. The number of benzene rings is 5. The Morgan fingerprint density at radius 2 is 1.47 bits per heavy atom. The molecule has 3 saturated heterocycles. The van der Waals surface area contributed by atoms with Crippen LogP contribution in [0.4, 0.5) is 0 Å². The number of carbonyl (C=O) groups excluding carboxylic acids is 1. The van der Waals surface area contributed by atoms with Crippen LogP contribution < -0.4 is 10.0 Å². The van der Waals surface area contributed by atoms with Crippen LogP contribution >= 0.6 is 0 Å². The van der Waals surface area contributed by atoms with Gasteiger partial charge >= 0.3 is 0 Å². The number of nitrogens with one attached hydrogen (secondary N) is 2. The molecule has 5 aromatic rings. The Morgan fingerprint density at radius 3 is 2.19 bits per heavy atom. The normalized spacial score (nSPS) is 22.7. The van der Waals surface area contributed by atoms with Gasteiger partial charge in [0.2, 0.25) is 15.9 Å². The number of ether oxygens (including phenoxy) is 2. The van der Waals surface area contributed by atoms with Crippen LogP contribution in [0.25, 0.3) is 11.1 Å². The molecule has 8 rings (SSSR count). The van der Waals surface area contributed by atoms with Crippen LogP contribution in [0.15, 0.2) is 132 Å². The van der Waals surface area contributed by atoms with E-state index in [0.717, 1.165) is 64.1 Å². The first-order valence-corrected chi connectivity index (χ1v) is 23.7. The molecule has 0 saturated carbocycles. The zero-order valence-electron chi connectivity index (χ0n) is 35.9. The smallest absolute Gasteiger partial charge is 0.241 e. The third kappa shape index (κ3) is 10.9. The van der Waals surface area contributed by atoms with Crippen molar-refractivity contribution in [1.82, 2.24) is 19.8 Å². The van der Waals surface area contributed by atoms with E-state index >= 15 is 0 Å². The van der Waals surface area contributed by atoms with E-state index < -0.39 is 28.3 Å². The fourth-order valence-electron chi connectivity index (χ4n) is 9.18. The molecule has 0 radical (unpaired) electrons. The number of aryl methyl sites for hydroxylation is 1. The molecule has 326 valence electrons. The number of likely N-dealkylation sites (tertiary alicyclic amines) is 2. The molecule has 5 aromatic carbocycles. The Bertz CT molecular complexity index is 2340. The third-order valence-corrected chi connectivity index (χ3v) is 14.3. The van der Waals surface area contributed by atoms with Crippen molar-refractivity contribution in [2.24, 2.45) is 5.92 Å². The molecule has 0 aromatic heterocycles. The second-order valence-corrected chi connectivity index (χ2v) is 19.1. The summed E-state index contributed by atoms with van der Waals surface area (Å²) in [5.74, 6) is -0.294. The molecule has 6 atom stereocenters. The molecule has 10 nitrogen and oxygen atoms in total. The van der Waals surface area contributed by atoms with Crippen molar-refractivity contribution >= 4 is 15.9 Å². The van der Waals surface area contributed by atoms with Gasteiger partial charge in [0.15, 0.2) is 6.29 Å².